The molecule has 1 aliphatic heterocycles. The van der Waals surface area contributed by atoms with E-state index in [0.717, 1.165) is 6.42 Å². The van der Waals surface area contributed by atoms with Crippen molar-refractivity contribution in [1.29, 1.82) is 0 Å². The van der Waals surface area contributed by atoms with E-state index in [4.69, 9.17) is 14.6 Å². The standard InChI is InChI=1S/C11H19NO5/c1-11(2,3)17-9(13)7-16-6-8-4-5-12(8)10(14)15/h8H,4-7H2,1-3H3,(H,14,15). The summed E-state index contributed by atoms with van der Waals surface area (Å²) in [6.07, 6.45) is -0.164. The third kappa shape index (κ3) is 4.60. The van der Waals surface area contributed by atoms with Gasteiger partial charge in [0.15, 0.2) is 0 Å². The van der Waals surface area contributed by atoms with Gasteiger partial charge >= 0.3 is 12.1 Å². The van der Waals surface area contributed by atoms with Gasteiger partial charge in [-0.15, -0.1) is 0 Å². The van der Waals surface area contributed by atoms with Crippen LogP contribution in [0, 0.1) is 0 Å². The molecule has 0 radical (unpaired) electrons. The fraction of sp³-hybridized carbons (Fsp3) is 0.818. The molecule has 0 spiro atoms. The molecular weight excluding hydrogens is 226 g/mol. The van der Waals surface area contributed by atoms with Crippen molar-refractivity contribution in [1.82, 2.24) is 4.90 Å². The Labute approximate surface area is 100 Å². The zero-order chi connectivity index (χ0) is 13.1. The van der Waals surface area contributed by atoms with E-state index in [2.05, 4.69) is 0 Å². The van der Waals surface area contributed by atoms with Crippen LogP contribution in [0.15, 0.2) is 0 Å². The second-order valence-electron chi connectivity index (χ2n) is 5.02. The Kier molecular flexibility index (Phi) is 4.34. The number of carboxylic acid groups (broad SMARTS) is 1. The molecule has 0 saturated carbocycles. The van der Waals surface area contributed by atoms with Crippen LogP contribution in [-0.4, -0.2) is 53.5 Å². The number of hydrogen-bond acceptors (Lipinski definition) is 4. The van der Waals surface area contributed by atoms with Crippen LogP contribution >= 0.6 is 0 Å². The van der Waals surface area contributed by atoms with Gasteiger partial charge in [-0.1, -0.05) is 0 Å². The first-order valence-electron chi connectivity index (χ1n) is 5.59. The maximum absolute atomic E-state index is 11.3. The average Bonchev–Trinajstić information content (AvgIpc) is 2.06. The Morgan fingerprint density at radius 1 is 1.41 bits per heavy atom. The van der Waals surface area contributed by atoms with Crippen LogP contribution < -0.4 is 0 Å². The molecule has 1 aliphatic rings. The molecule has 1 N–H and O–H groups in total. The monoisotopic (exact) mass is 245 g/mol. The van der Waals surface area contributed by atoms with Gasteiger partial charge < -0.3 is 19.5 Å². The first-order chi connectivity index (χ1) is 7.79. The van der Waals surface area contributed by atoms with E-state index >= 15 is 0 Å². The van der Waals surface area contributed by atoms with Crippen LogP contribution in [0.1, 0.15) is 27.2 Å². The Balaban J connectivity index is 2.16. The summed E-state index contributed by atoms with van der Waals surface area (Å²) in [6, 6.07) is -0.130. The normalized spacial score (nSPS) is 19.7. The van der Waals surface area contributed by atoms with Gasteiger partial charge in [0, 0.05) is 6.54 Å². The zero-order valence-corrected chi connectivity index (χ0v) is 10.4. The number of rotatable bonds is 4. The molecule has 1 fully saturated rings. The van der Waals surface area contributed by atoms with Crippen molar-refractivity contribution >= 4 is 12.1 Å². The van der Waals surface area contributed by atoms with Crippen molar-refractivity contribution in [2.75, 3.05) is 19.8 Å². The van der Waals surface area contributed by atoms with Gasteiger partial charge in [-0.25, -0.2) is 9.59 Å². The molecule has 0 aromatic heterocycles. The Morgan fingerprint density at radius 2 is 2.06 bits per heavy atom. The molecule has 1 heterocycles. The molecule has 0 aromatic carbocycles. The van der Waals surface area contributed by atoms with Gasteiger partial charge in [0.25, 0.3) is 0 Å². The van der Waals surface area contributed by atoms with Crippen LogP contribution in [0.2, 0.25) is 0 Å². The number of carbonyl (C=O) groups excluding carboxylic acids is 1. The predicted octanol–water partition coefficient (Wildman–Crippen LogP) is 1.10. The van der Waals surface area contributed by atoms with Crippen LogP contribution in [0.5, 0.6) is 0 Å². The molecular formula is C11H19NO5. The molecule has 6 heteroatoms. The summed E-state index contributed by atoms with van der Waals surface area (Å²) in [5.41, 5.74) is -0.524. The third-order valence-electron chi connectivity index (χ3n) is 2.34. The van der Waals surface area contributed by atoms with Crippen LogP contribution in [0.4, 0.5) is 4.79 Å². The minimum Gasteiger partial charge on any atom is -0.465 e. The topological polar surface area (TPSA) is 76.1 Å². The molecule has 0 aliphatic carbocycles. The SMILES string of the molecule is CC(C)(C)OC(=O)COCC1CCN1C(=O)O. The molecule has 1 rings (SSSR count). The summed E-state index contributed by atoms with van der Waals surface area (Å²) in [4.78, 5) is 23.2. The summed E-state index contributed by atoms with van der Waals surface area (Å²) < 4.78 is 10.2. The second-order valence-corrected chi connectivity index (χ2v) is 5.02. The Morgan fingerprint density at radius 3 is 2.47 bits per heavy atom. The maximum Gasteiger partial charge on any atom is 0.407 e. The van der Waals surface area contributed by atoms with Crippen molar-refractivity contribution in [2.45, 2.75) is 38.8 Å². The number of carbonyl (C=O) groups is 2. The molecule has 0 bridgehead atoms. The van der Waals surface area contributed by atoms with Crippen molar-refractivity contribution in [2.24, 2.45) is 0 Å². The van der Waals surface area contributed by atoms with E-state index in [1.807, 2.05) is 0 Å². The van der Waals surface area contributed by atoms with E-state index in [0.29, 0.717) is 6.54 Å². The quantitative estimate of drug-likeness (QED) is 0.750. The van der Waals surface area contributed by atoms with Gasteiger partial charge in [0.05, 0.1) is 12.6 Å². The van der Waals surface area contributed by atoms with Crippen molar-refractivity contribution in [3.8, 4) is 0 Å². The van der Waals surface area contributed by atoms with Crippen LogP contribution in [0.3, 0.4) is 0 Å². The van der Waals surface area contributed by atoms with E-state index in [1.165, 1.54) is 4.90 Å². The highest BCUT2D eigenvalue weighted by molar-refractivity contribution is 5.71. The van der Waals surface area contributed by atoms with Crippen molar-refractivity contribution in [3.05, 3.63) is 0 Å². The number of amides is 1. The molecule has 1 saturated heterocycles. The van der Waals surface area contributed by atoms with Crippen molar-refractivity contribution < 1.29 is 24.2 Å². The van der Waals surface area contributed by atoms with Crippen molar-refractivity contribution in [3.63, 3.8) is 0 Å². The largest absolute Gasteiger partial charge is 0.465 e. The molecule has 0 aromatic rings. The van der Waals surface area contributed by atoms with Gasteiger partial charge in [0.2, 0.25) is 0 Å². The molecule has 1 amide bonds. The zero-order valence-electron chi connectivity index (χ0n) is 10.4. The first-order valence-corrected chi connectivity index (χ1v) is 5.59. The van der Waals surface area contributed by atoms with Gasteiger partial charge in [-0.2, -0.15) is 0 Å². The highest BCUT2D eigenvalue weighted by Crippen LogP contribution is 2.17. The summed E-state index contributed by atoms with van der Waals surface area (Å²) in [5.74, 6) is -0.432. The lowest BCUT2D eigenvalue weighted by molar-refractivity contribution is -0.161. The lowest BCUT2D eigenvalue weighted by Gasteiger charge is -2.38. The maximum atomic E-state index is 11.3. The fourth-order valence-corrected chi connectivity index (χ4v) is 1.52. The lowest BCUT2D eigenvalue weighted by Crippen LogP contribution is -2.52. The number of likely N-dealkylation sites (tertiary alicyclic amines) is 1. The third-order valence-corrected chi connectivity index (χ3v) is 2.34. The number of nitrogens with zero attached hydrogens (tertiary/aromatic N) is 1. The predicted molar refractivity (Wildman–Crippen MR) is 59.8 cm³/mol. The minimum absolute atomic E-state index is 0.130. The Hall–Kier alpha value is -1.30. The summed E-state index contributed by atoms with van der Waals surface area (Å²) in [7, 11) is 0. The highest BCUT2D eigenvalue weighted by atomic mass is 16.6. The van der Waals surface area contributed by atoms with Crippen LogP contribution in [0.25, 0.3) is 0 Å². The number of ether oxygens (including phenoxy) is 2. The van der Waals surface area contributed by atoms with Gasteiger partial charge in [-0.05, 0) is 27.2 Å². The van der Waals surface area contributed by atoms with E-state index in [1.54, 1.807) is 20.8 Å². The molecule has 1 unspecified atom stereocenters. The Bertz CT molecular complexity index is 297. The van der Waals surface area contributed by atoms with E-state index in [9.17, 15) is 9.59 Å². The summed E-state index contributed by atoms with van der Waals surface area (Å²) >= 11 is 0. The summed E-state index contributed by atoms with van der Waals surface area (Å²) in [5, 5.41) is 8.74. The van der Waals surface area contributed by atoms with Gasteiger partial charge in [-0.3, -0.25) is 0 Å². The lowest BCUT2D eigenvalue weighted by atomic mass is 10.1. The molecule has 6 nitrogen and oxygen atoms in total. The highest BCUT2D eigenvalue weighted by Gasteiger charge is 2.32. The minimum atomic E-state index is -0.942. The molecule has 1 atom stereocenters. The number of hydrogen-bond donors (Lipinski definition) is 1. The molecule has 98 valence electrons. The second kappa shape index (κ2) is 5.35. The van der Waals surface area contributed by atoms with Gasteiger partial charge in [0.1, 0.15) is 12.2 Å². The fourth-order valence-electron chi connectivity index (χ4n) is 1.52. The smallest absolute Gasteiger partial charge is 0.407 e. The average molecular weight is 245 g/mol. The van der Waals surface area contributed by atoms with Crippen LogP contribution in [-0.2, 0) is 14.3 Å². The summed E-state index contributed by atoms with van der Waals surface area (Å²) in [6.45, 7) is 5.98. The van der Waals surface area contributed by atoms with E-state index in [-0.39, 0.29) is 19.3 Å². The number of esters is 1. The van der Waals surface area contributed by atoms with E-state index < -0.39 is 17.7 Å². The molecule has 17 heavy (non-hydrogen) atoms. The first kappa shape index (κ1) is 13.8.